The zero-order chi connectivity index (χ0) is 10.1. The van der Waals surface area contributed by atoms with E-state index in [1.165, 1.54) is 0 Å². The van der Waals surface area contributed by atoms with Gasteiger partial charge < -0.3 is 15.4 Å². The summed E-state index contributed by atoms with van der Waals surface area (Å²) in [6.07, 6.45) is 1.43. The summed E-state index contributed by atoms with van der Waals surface area (Å²) >= 11 is 0. The fourth-order valence-electron chi connectivity index (χ4n) is 1.00. The van der Waals surface area contributed by atoms with Crippen LogP contribution in [-0.2, 0) is 9.53 Å². The molecule has 2 N–H and O–H groups in total. The molecule has 1 amide bonds. The average molecular weight is 188 g/mol. The minimum absolute atomic E-state index is 0.0817. The molecule has 0 heterocycles. The number of hydrogen-bond acceptors (Lipinski definition) is 3. The third-order valence-corrected chi connectivity index (χ3v) is 1.83. The van der Waals surface area contributed by atoms with Crippen LogP contribution in [0.3, 0.4) is 0 Å². The molecule has 0 aromatic carbocycles. The maximum absolute atomic E-state index is 11.2. The first-order valence-corrected chi connectivity index (χ1v) is 4.67. The minimum atomic E-state index is 0.0817. The van der Waals surface area contributed by atoms with Crippen LogP contribution in [0.2, 0.25) is 0 Å². The van der Waals surface area contributed by atoms with Crippen molar-refractivity contribution in [3.63, 3.8) is 0 Å². The van der Waals surface area contributed by atoms with Crippen molar-refractivity contribution in [1.29, 1.82) is 0 Å². The Balaban J connectivity index is 3.60. The Kier molecular flexibility index (Phi) is 7.63. The molecule has 0 aromatic rings. The Morgan fingerprint density at radius 1 is 1.54 bits per heavy atom. The van der Waals surface area contributed by atoms with Gasteiger partial charge in [0.1, 0.15) is 0 Å². The topological polar surface area (TPSA) is 50.4 Å². The van der Waals surface area contributed by atoms with Gasteiger partial charge in [0.25, 0.3) is 0 Å². The lowest BCUT2D eigenvalue weighted by Crippen LogP contribution is -2.38. The first-order chi connectivity index (χ1) is 6.24. The lowest BCUT2D eigenvalue weighted by atomic mass is 10.2. The average Bonchev–Trinajstić information content (AvgIpc) is 2.14. The molecule has 0 rings (SSSR count). The van der Waals surface area contributed by atoms with Crippen molar-refractivity contribution in [2.45, 2.75) is 25.8 Å². The van der Waals surface area contributed by atoms with Gasteiger partial charge in [0.05, 0.1) is 12.6 Å². The Morgan fingerprint density at radius 3 is 2.69 bits per heavy atom. The summed E-state index contributed by atoms with van der Waals surface area (Å²) in [5.41, 5.74) is 0. The highest BCUT2D eigenvalue weighted by Crippen LogP contribution is 1.92. The summed E-state index contributed by atoms with van der Waals surface area (Å²) in [4.78, 5) is 11.2. The Morgan fingerprint density at radius 2 is 2.23 bits per heavy atom. The highest BCUT2D eigenvalue weighted by molar-refractivity contribution is 5.76. The van der Waals surface area contributed by atoms with E-state index in [0.717, 1.165) is 13.0 Å². The van der Waals surface area contributed by atoms with E-state index in [1.54, 1.807) is 7.11 Å². The van der Waals surface area contributed by atoms with Crippen molar-refractivity contribution in [2.75, 3.05) is 27.3 Å². The summed E-state index contributed by atoms with van der Waals surface area (Å²) in [6, 6.07) is 0.148. The number of carbonyl (C=O) groups is 1. The highest BCUT2D eigenvalue weighted by Gasteiger charge is 2.08. The van der Waals surface area contributed by atoms with Crippen LogP contribution < -0.4 is 10.6 Å². The number of ether oxygens (including phenoxy) is 1. The first-order valence-electron chi connectivity index (χ1n) is 4.67. The van der Waals surface area contributed by atoms with Gasteiger partial charge in [-0.2, -0.15) is 0 Å². The molecule has 0 radical (unpaired) electrons. The number of hydrogen-bond donors (Lipinski definition) is 2. The van der Waals surface area contributed by atoms with Gasteiger partial charge in [0, 0.05) is 20.1 Å². The van der Waals surface area contributed by atoms with E-state index < -0.39 is 0 Å². The van der Waals surface area contributed by atoms with Crippen molar-refractivity contribution in [3.8, 4) is 0 Å². The predicted molar refractivity (Wildman–Crippen MR) is 52.6 cm³/mol. The Hall–Kier alpha value is -0.610. The molecule has 0 saturated heterocycles. The number of methoxy groups -OCH3 is 1. The monoisotopic (exact) mass is 188 g/mol. The molecule has 0 bridgehead atoms. The van der Waals surface area contributed by atoms with Gasteiger partial charge in [-0.15, -0.1) is 0 Å². The second-order valence-electron chi connectivity index (χ2n) is 2.98. The molecule has 13 heavy (non-hydrogen) atoms. The number of carbonyl (C=O) groups excluding carboxylic acids is 1. The summed E-state index contributed by atoms with van der Waals surface area (Å²) in [6.45, 7) is 3.33. The van der Waals surface area contributed by atoms with E-state index >= 15 is 0 Å². The van der Waals surface area contributed by atoms with Crippen LogP contribution >= 0.6 is 0 Å². The van der Waals surface area contributed by atoms with E-state index in [2.05, 4.69) is 10.6 Å². The maximum Gasteiger partial charge on any atom is 0.221 e. The zero-order valence-corrected chi connectivity index (χ0v) is 8.72. The smallest absolute Gasteiger partial charge is 0.221 e. The van der Waals surface area contributed by atoms with Gasteiger partial charge >= 0.3 is 0 Å². The van der Waals surface area contributed by atoms with Gasteiger partial charge in [-0.05, 0) is 13.5 Å². The minimum Gasteiger partial charge on any atom is -0.383 e. The summed E-state index contributed by atoms with van der Waals surface area (Å²) in [5.74, 6) is 0.0817. The molecule has 0 saturated carbocycles. The molecular weight excluding hydrogens is 168 g/mol. The van der Waals surface area contributed by atoms with Crippen LogP contribution in [0.25, 0.3) is 0 Å². The van der Waals surface area contributed by atoms with E-state index in [-0.39, 0.29) is 11.9 Å². The van der Waals surface area contributed by atoms with E-state index in [1.807, 2.05) is 14.0 Å². The largest absolute Gasteiger partial charge is 0.383 e. The molecule has 0 aliphatic heterocycles. The third-order valence-electron chi connectivity index (χ3n) is 1.83. The number of amides is 1. The fraction of sp³-hybridized carbons (Fsp3) is 0.889. The van der Waals surface area contributed by atoms with Crippen LogP contribution in [-0.4, -0.2) is 39.3 Å². The maximum atomic E-state index is 11.2. The Bertz CT molecular complexity index is 140. The molecule has 4 heteroatoms. The molecule has 1 unspecified atom stereocenters. The fourth-order valence-corrected chi connectivity index (χ4v) is 1.00. The number of nitrogens with one attached hydrogen (secondary N) is 2. The molecule has 0 aliphatic carbocycles. The van der Waals surface area contributed by atoms with Gasteiger partial charge in [-0.25, -0.2) is 0 Å². The van der Waals surface area contributed by atoms with Gasteiger partial charge in [0.2, 0.25) is 5.91 Å². The van der Waals surface area contributed by atoms with Crippen LogP contribution in [0, 0.1) is 0 Å². The van der Waals surface area contributed by atoms with Crippen LogP contribution in [0.15, 0.2) is 0 Å². The highest BCUT2D eigenvalue weighted by atomic mass is 16.5. The van der Waals surface area contributed by atoms with Crippen LogP contribution in [0.4, 0.5) is 0 Å². The molecule has 0 fully saturated rings. The predicted octanol–water partition coefficient (Wildman–Crippen LogP) is 0.137. The first kappa shape index (κ1) is 12.4. The normalized spacial score (nSPS) is 12.5. The van der Waals surface area contributed by atoms with Gasteiger partial charge in [0.15, 0.2) is 0 Å². The lowest BCUT2D eigenvalue weighted by Gasteiger charge is -2.15. The van der Waals surface area contributed by atoms with Crippen molar-refractivity contribution in [2.24, 2.45) is 0 Å². The van der Waals surface area contributed by atoms with Crippen molar-refractivity contribution in [3.05, 3.63) is 0 Å². The van der Waals surface area contributed by atoms with Crippen LogP contribution in [0.1, 0.15) is 19.8 Å². The standard InChI is InChI=1S/C9H20N2O2/c1-4-8(7-13-3)11-9(12)5-6-10-2/h8,10H,4-7H2,1-3H3,(H,11,12). The lowest BCUT2D eigenvalue weighted by molar-refractivity contribution is -0.122. The van der Waals surface area contributed by atoms with E-state index in [0.29, 0.717) is 13.0 Å². The van der Waals surface area contributed by atoms with E-state index in [4.69, 9.17) is 4.74 Å². The van der Waals surface area contributed by atoms with Crippen molar-refractivity contribution < 1.29 is 9.53 Å². The number of rotatable bonds is 7. The van der Waals surface area contributed by atoms with Crippen molar-refractivity contribution in [1.82, 2.24) is 10.6 Å². The molecule has 0 aromatic heterocycles. The molecule has 0 spiro atoms. The molecule has 0 aliphatic rings. The summed E-state index contributed by atoms with van der Waals surface area (Å²) in [7, 11) is 3.47. The molecule has 4 nitrogen and oxygen atoms in total. The second-order valence-corrected chi connectivity index (χ2v) is 2.98. The quantitative estimate of drug-likeness (QED) is 0.597. The van der Waals surface area contributed by atoms with Gasteiger partial charge in [-0.3, -0.25) is 4.79 Å². The zero-order valence-electron chi connectivity index (χ0n) is 8.72. The third kappa shape index (κ3) is 6.54. The molecular formula is C9H20N2O2. The van der Waals surface area contributed by atoms with Crippen molar-refractivity contribution >= 4 is 5.91 Å². The SMILES string of the molecule is CCC(COC)NC(=O)CCNC. The molecule has 78 valence electrons. The van der Waals surface area contributed by atoms with Gasteiger partial charge in [-0.1, -0.05) is 6.92 Å². The van der Waals surface area contributed by atoms with Crippen LogP contribution in [0.5, 0.6) is 0 Å². The summed E-state index contributed by atoms with van der Waals surface area (Å²) < 4.78 is 4.97. The second kappa shape index (κ2) is 8.01. The summed E-state index contributed by atoms with van der Waals surface area (Å²) in [5, 5.41) is 5.83. The van der Waals surface area contributed by atoms with E-state index in [9.17, 15) is 4.79 Å². The Labute approximate surface area is 80.0 Å². The molecule has 1 atom stereocenters.